The Morgan fingerprint density at radius 2 is 2.17 bits per heavy atom. The summed E-state index contributed by atoms with van der Waals surface area (Å²) in [5, 5.41) is 0. The molecule has 1 aliphatic heterocycles. The molecule has 0 aromatic heterocycles. The molecule has 1 saturated heterocycles. The quantitative estimate of drug-likeness (QED) is 0.824. The molecular formula is C15H22N2O. The van der Waals surface area contributed by atoms with Gasteiger partial charge in [0.1, 0.15) is 0 Å². The van der Waals surface area contributed by atoms with Crippen LogP contribution in [0, 0.1) is 19.8 Å². The molecule has 0 spiro atoms. The fraction of sp³-hybridized carbons (Fsp3) is 0.533. The monoisotopic (exact) mass is 246 g/mol. The number of rotatable bonds is 4. The Labute approximate surface area is 109 Å². The molecule has 2 rings (SSSR count). The number of likely N-dealkylation sites (tertiary alicyclic amines) is 1. The summed E-state index contributed by atoms with van der Waals surface area (Å²) in [6.07, 6.45) is 1.12. The lowest BCUT2D eigenvalue weighted by atomic mass is 10.0. The summed E-state index contributed by atoms with van der Waals surface area (Å²) in [4.78, 5) is 14.4. The number of ketones is 1. The summed E-state index contributed by atoms with van der Waals surface area (Å²) >= 11 is 0. The van der Waals surface area contributed by atoms with E-state index in [9.17, 15) is 4.79 Å². The van der Waals surface area contributed by atoms with E-state index in [0.29, 0.717) is 12.5 Å². The van der Waals surface area contributed by atoms with E-state index in [2.05, 4.69) is 11.8 Å². The Morgan fingerprint density at radius 1 is 1.39 bits per heavy atom. The van der Waals surface area contributed by atoms with E-state index in [1.54, 1.807) is 0 Å². The summed E-state index contributed by atoms with van der Waals surface area (Å²) in [6.45, 7) is 7.33. The van der Waals surface area contributed by atoms with Crippen LogP contribution in [0.4, 0.5) is 0 Å². The molecule has 3 heteroatoms. The fourth-order valence-corrected chi connectivity index (χ4v) is 2.46. The van der Waals surface area contributed by atoms with Gasteiger partial charge in [-0.15, -0.1) is 0 Å². The average Bonchev–Trinajstić information content (AvgIpc) is 2.80. The van der Waals surface area contributed by atoms with Crippen LogP contribution in [0.25, 0.3) is 0 Å². The van der Waals surface area contributed by atoms with Crippen LogP contribution in [-0.2, 0) is 0 Å². The van der Waals surface area contributed by atoms with Crippen LogP contribution in [0.2, 0.25) is 0 Å². The van der Waals surface area contributed by atoms with Crippen molar-refractivity contribution >= 4 is 5.78 Å². The molecule has 1 aromatic rings. The molecule has 2 N–H and O–H groups in total. The normalized spacial score (nSPS) is 20.3. The third-order valence-electron chi connectivity index (χ3n) is 3.90. The molecule has 0 saturated carbocycles. The Hall–Kier alpha value is -1.19. The first-order chi connectivity index (χ1) is 8.60. The summed E-state index contributed by atoms with van der Waals surface area (Å²) in [5.74, 6) is 0.785. The number of nitrogens with zero attached hydrogens (tertiary/aromatic N) is 1. The largest absolute Gasteiger partial charge is 0.330 e. The molecule has 1 heterocycles. The molecule has 1 aliphatic rings. The van der Waals surface area contributed by atoms with Gasteiger partial charge >= 0.3 is 0 Å². The predicted octanol–water partition coefficient (Wildman–Crippen LogP) is 1.77. The third kappa shape index (κ3) is 2.98. The van der Waals surface area contributed by atoms with Crippen molar-refractivity contribution in [1.29, 1.82) is 0 Å². The number of carbonyl (C=O) groups is 1. The van der Waals surface area contributed by atoms with Crippen molar-refractivity contribution in [3.63, 3.8) is 0 Å². The SMILES string of the molecule is Cc1ccc(C(=O)CN2CCC(CN)C2)cc1C. The standard InChI is InChI=1S/C15H22N2O/c1-11-3-4-14(7-12(11)2)15(18)10-17-6-5-13(8-16)9-17/h3-4,7,13H,5-6,8-10,16H2,1-2H3. The summed E-state index contributed by atoms with van der Waals surface area (Å²) in [7, 11) is 0. The van der Waals surface area contributed by atoms with Gasteiger partial charge in [-0.3, -0.25) is 9.69 Å². The Balaban J connectivity index is 1.97. The van der Waals surface area contributed by atoms with Gasteiger partial charge in [-0.1, -0.05) is 12.1 Å². The van der Waals surface area contributed by atoms with Gasteiger partial charge in [0, 0.05) is 12.1 Å². The van der Waals surface area contributed by atoms with Gasteiger partial charge in [0.25, 0.3) is 0 Å². The second kappa shape index (κ2) is 5.63. The molecule has 3 nitrogen and oxygen atoms in total. The Kier molecular flexibility index (Phi) is 4.15. The minimum Gasteiger partial charge on any atom is -0.330 e. The first-order valence-electron chi connectivity index (χ1n) is 6.63. The van der Waals surface area contributed by atoms with E-state index in [4.69, 9.17) is 5.73 Å². The molecule has 1 atom stereocenters. The zero-order valence-electron chi connectivity index (χ0n) is 11.3. The third-order valence-corrected chi connectivity index (χ3v) is 3.90. The van der Waals surface area contributed by atoms with Gasteiger partial charge in [-0.05, 0) is 56.5 Å². The minimum absolute atomic E-state index is 0.218. The highest BCUT2D eigenvalue weighted by Gasteiger charge is 2.23. The molecule has 0 aliphatic carbocycles. The molecule has 0 bridgehead atoms. The number of hydrogen-bond donors (Lipinski definition) is 1. The van der Waals surface area contributed by atoms with Crippen LogP contribution < -0.4 is 5.73 Å². The number of carbonyl (C=O) groups excluding carboxylic acids is 1. The first-order valence-corrected chi connectivity index (χ1v) is 6.63. The van der Waals surface area contributed by atoms with Crippen LogP contribution >= 0.6 is 0 Å². The van der Waals surface area contributed by atoms with Crippen molar-refractivity contribution in [2.45, 2.75) is 20.3 Å². The van der Waals surface area contributed by atoms with Crippen LogP contribution in [0.3, 0.4) is 0 Å². The highest BCUT2D eigenvalue weighted by atomic mass is 16.1. The second-order valence-corrected chi connectivity index (χ2v) is 5.35. The maximum atomic E-state index is 12.2. The van der Waals surface area contributed by atoms with E-state index >= 15 is 0 Å². The minimum atomic E-state index is 0.218. The van der Waals surface area contributed by atoms with Gasteiger partial charge in [0.2, 0.25) is 0 Å². The fourth-order valence-electron chi connectivity index (χ4n) is 2.46. The number of nitrogens with two attached hydrogens (primary N) is 1. The maximum Gasteiger partial charge on any atom is 0.176 e. The molecular weight excluding hydrogens is 224 g/mol. The number of Topliss-reactive ketones (excluding diaryl/α,β-unsaturated/α-hetero) is 1. The van der Waals surface area contributed by atoms with Crippen LogP contribution in [0.5, 0.6) is 0 Å². The number of aryl methyl sites for hydroxylation is 2. The lowest BCUT2D eigenvalue weighted by Crippen LogP contribution is -2.29. The topological polar surface area (TPSA) is 46.3 Å². The van der Waals surface area contributed by atoms with Crippen molar-refractivity contribution in [3.8, 4) is 0 Å². The Morgan fingerprint density at radius 3 is 2.78 bits per heavy atom. The lowest BCUT2D eigenvalue weighted by Gasteiger charge is -2.15. The zero-order chi connectivity index (χ0) is 13.1. The highest BCUT2D eigenvalue weighted by Crippen LogP contribution is 2.16. The van der Waals surface area contributed by atoms with Crippen molar-refractivity contribution in [1.82, 2.24) is 4.90 Å². The average molecular weight is 246 g/mol. The molecule has 98 valence electrons. The summed E-state index contributed by atoms with van der Waals surface area (Å²) < 4.78 is 0. The molecule has 1 unspecified atom stereocenters. The summed E-state index contributed by atoms with van der Waals surface area (Å²) in [6, 6.07) is 5.95. The molecule has 0 radical (unpaired) electrons. The van der Waals surface area contributed by atoms with E-state index < -0.39 is 0 Å². The van der Waals surface area contributed by atoms with Gasteiger partial charge < -0.3 is 5.73 Å². The van der Waals surface area contributed by atoms with Crippen molar-refractivity contribution in [2.24, 2.45) is 11.7 Å². The number of benzene rings is 1. The van der Waals surface area contributed by atoms with E-state index in [0.717, 1.165) is 31.6 Å². The second-order valence-electron chi connectivity index (χ2n) is 5.35. The smallest absolute Gasteiger partial charge is 0.176 e. The van der Waals surface area contributed by atoms with E-state index in [1.807, 2.05) is 25.1 Å². The number of hydrogen-bond acceptors (Lipinski definition) is 3. The van der Waals surface area contributed by atoms with Crippen molar-refractivity contribution < 1.29 is 4.79 Å². The zero-order valence-corrected chi connectivity index (χ0v) is 11.3. The Bertz CT molecular complexity index is 442. The molecule has 1 fully saturated rings. The van der Waals surface area contributed by atoms with Crippen molar-refractivity contribution in [3.05, 3.63) is 34.9 Å². The molecule has 1 aromatic carbocycles. The lowest BCUT2D eigenvalue weighted by molar-refractivity contribution is 0.0943. The van der Waals surface area contributed by atoms with Gasteiger partial charge in [0.15, 0.2) is 5.78 Å². The molecule has 18 heavy (non-hydrogen) atoms. The highest BCUT2D eigenvalue weighted by molar-refractivity contribution is 5.97. The van der Waals surface area contributed by atoms with Crippen LogP contribution in [-0.4, -0.2) is 36.9 Å². The van der Waals surface area contributed by atoms with Gasteiger partial charge in [-0.25, -0.2) is 0 Å². The van der Waals surface area contributed by atoms with Gasteiger partial charge in [0.05, 0.1) is 6.54 Å². The van der Waals surface area contributed by atoms with E-state index in [1.165, 1.54) is 11.1 Å². The molecule has 0 amide bonds. The van der Waals surface area contributed by atoms with Crippen LogP contribution in [0.15, 0.2) is 18.2 Å². The van der Waals surface area contributed by atoms with Crippen molar-refractivity contribution in [2.75, 3.05) is 26.2 Å². The first kappa shape index (κ1) is 13.2. The predicted molar refractivity (Wildman–Crippen MR) is 73.8 cm³/mol. The van der Waals surface area contributed by atoms with Gasteiger partial charge in [-0.2, -0.15) is 0 Å². The summed E-state index contributed by atoms with van der Waals surface area (Å²) in [5.41, 5.74) is 8.91. The van der Waals surface area contributed by atoms with Crippen LogP contribution in [0.1, 0.15) is 27.9 Å². The maximum absolute atomic E-state index is 12.2. The van der Waals surface area contributed by atoms with E-state index in [-0.39, 0.29) is 5.78 Å².